The third-order valence-corrected chi connectivity index (χ3v) is 5.37. The fourth-order valence-electron chi connectivity index (χ4n) is 3.62. The highest BCUT2D eigenvalue weighted by molar-refractivity contribution is 6.07. The molecule has 0 atom stereocenters. The number of nitrogens with two attached hydrogens (primary N) is 1. The summed E-state index contributed by atoms with van der Waals surface area (Å²) >= 11 is 0. The molecule has 31 heavy (non-hydrogen) atoms. The highest BCUT2D eigenvalue weighted by Gasteiger charge is 2.34. The Hall–Kier alpha value is -3.55. The molecular formula is C23H27N3O5. The van der Waals surface area contributed by atoms with Gasteiger partial charge in [-0.15, -0.1) is 0 Å². The van der Waals surface area contributed by atoms with Crippen LogP contribution in [0.25, 0.3) is 11.0 Å². The van der Waals surface area contributed by atoms with Crippen LogP contribution in [-0.2, 0) is 11.4 Å². The van der Waals surface area contributed by atoms with Crippen LogP contribution in [-0.4, -0.2) is 29.9 Å². The minimum Gasteiger partial charge on any atom is -0.489 e. The van der Waals surface area contributed by atoms with Gasteiger partial charge in [0.25, 0.3) is 5.91 Å². The maximum atomic E-state index is 12.9. The smallest absolute Gasteiger partial charge is 0.255 e. The molecule has 8 nitrogen and oxygen atoms in total. The largest absolute Gasteiger partial charge is 0.489 e. The molecule has 1 aromatic carbocycles. The first-order valence-electron chi connectivity index (χ1n) is 10.0. The summed E-state index contributed by atoms with van der Waals surface area (Å²) in [7, 11) is 1.58. The Balaban J connectivity index is 0.000000858. The van der Waals surface area contributed by atoms with Gasteiger partial charge in [-0.25, -0.2) is 4.98 Å². The molecule has 1 fully saturated rings. The number of pyridine rings is 1. The Morgan fingerprint density at radius 1 is 1.35 bits per heavy atom. The number of aryl methyl sites for hydroxylation is 1. The van der Waals surface area contributed by atoms with E-state index in [-0.39, 0.29) is 17.9 Å². The summed E-state index contributed by atoms with van der Waals surface area (Å²) in [4.78, 5) is 25.6. The first-order valence-corrected chi connectivity index (χ1v) is 10.0. The quantitative estimate of drug-likeness (QED) is 0.584. The number of fused-ring (bicyclic) bond motifs is 1. The predicted octanol–water partition coefficient (Wildman–Crippen LogP) is 3.50. The molecule has 0 bridgehead atoms. The molecule has 2 aromatic heterocycles. The van der Waals surface area contributed by atoms with E-state index in [0.29, 0.717) is 35.1 Å². The lowest BCUT2D eigenvalue weighted by Gasteiger charge is -2.39. The van der Waals surface area contributed by atoms with Crippen molar-refractivity contribution in [3.8, 4) is 11.6 Å². The minimum absolute atomic E-state index is 0.0930. The molecule has 0 aliphatic heterocycles. The summed E-state index contributed by atoms with van der Waals surface area (Å²) in [5.41, 5.74) is 6.16. The number of hydrogen-bond donors (Lipinski definition) is 2. The van der Waals surface area contributed by atoms with E-state index >= 15 is 0 Å². The number of rotatable bonds is 6. The van der Waals surface area contributed by atoms with Crippen molar-refractivity contribution >= 4 is 23.3 Å². The summed E-state index contributed by atoms with van der Waals surface area (Å²) in [5.74, 6) is 1.71. The molecule has 0 saturated heterocycles. The van der Waals surface area contributed by atoms with Crippen LogP contribution in [0.2, 0.25) is 0 Å². The van der Waals surface area contributed by atoms with E-state index in [1.807, 2.05) is 37.3 Å². The molecule has 3 N–H and O–H groups in total. The van der Waals surface area contributed by atoms with Crippen LogP contribution < -0.4 is 20.5 Å². The highest BCUT2D eigenvalue weighted by atomic mass is 16.5. The molecule has 2 heterocycles. The molecule has 3 aromatic rings. The lowest BCUT2D eigenvalue weighted by molar-refractivity contribution is -0.106. The van der Waals surface area contributed by atoms with Crippen LogP contribution in [0.4, 0.5) is 0 Å². The van der Waals surface area contributed by atoms with E-state index in [9.17, 15) is 4.79 Å². The zero-order valence-corrected chi connectivity index (χ0v) is 17.9. The van der Waals surface area contributed by atoms with Crippen molar-refractivity contribution in [3.63, 3.8) is 0 Å². The topological polar surface area (TPSA) is 117 Å². The van der Waals surface area contributed by atoms with Gasteiger partial charge in [-0.3, -0.25) is 9.59 Å². The number of aromatic nitrogens is 1. The Labute approximate surface area is 180 Å². The summed E-state index contributed by atoms with van der Waals surface area (Å²) < 4.78 is 17.0. The number of furan rings is 1. The average molecular weight is 425 g/mol. The fourth-order valence-corrected chi connectivity index (χ4v) is 3.62. The highest BCUT2D eigenvalue weighted by Crippen LogP contribution is 2.34. The van der Waals surface area contributed by atoms with E-state index < -0.39 is 0 Å². The number of amides is 2. The van der Waals surface area contributed by atoms with Gasteiger partial charge in [0, 0.05) is 17.1 Å². The maximum absolute atomic E-state index is 12.9. The Kier molecular flexibility index (Phi) is 6.79. The summed E-state index contributed by atoms with van der Waals surface area (Å²) in [6.07, 6.45) is 5.09. The van der Waals surface area contributed by atoms with Crippen molar-refractivity contribution in [3.05, 3.63) is 53.4 Å². The Morgan fingerprint density at radius 2 is 2.10 bits per heavy atom. The van der Waals surface area contributed by atoms with Gasteiger partial charge in [-0.05, 0) is 63.4 Å². The van der Waals surface area contributed by atoms with E-state index in [0.717, 1.165) is 30.2 Å². The van der Waals surface area contributed by atoms with Crippen LogP contribution in [0, 0.1) is 6.92 Å². The molecule has 0 radical (unpaired) electrons. The van der Waals surface area contributed by atoms with Crippen LogP contribution in [0.15, 0.2) is 40.9 Å². The molecule has 164 valence electrons. The number of nitrogens with one attached hydrogen (secondary N) is 1. The second kappa shape index (κ2) is 9.51. The van der Waals surface area contributed by atoms with Gasteiger partial charge in [0.1, 0.15) is 23.7 Å². The molecular weight excluding hydrogens is 398 g/mol. The number of primary amides is 1. The van der Waals surface area contributed by atoms with Gasteiger partial charge >= 0.3 is 0 Å². The van der Waals surface area contributed by atoms with Crippen molar-refractivity contribution in [2.45, 2.75) is 45.3 Å². The second-order valence-corrected chi connectivity index (χ2v) is 7.66. The van der Waals surface area contributed by atoms with Crippen molar-refractivity contribution < 1.29 is 23.5 Å². The van der Waals surface area contributed by atoms with Gasteiger partial charge in [-0.1, -0.05) is 0 Å². The number of benzene rings is 1. The summed E-state index contributed by atoms with van der Waals surface area (Å²) in [6.45, 7) is 4.22. The average Bonchev–Trinajstić information content (AvgIpc) is 3.07. The van der Waals surface area contributed by atoms with Gasteiger partial charge in [-0.2, -0.15) is 0 Å². The zero-order valence-electron chi connectivity index (χ0n) is 17.9. The van der Waals surface area contributed by atoms with Crippen LogP contribution in [0.5, 0.6) is 11.6 Å². The standard InChI is InChI=1S/C22H24N2O4.CH3NO/c1-14-19(20(25)24-22(2)9-5-10-22)17-12-16(7-8-18(17)28-14)27-13-15-6-4-11-23-21(15)26-3;2-1-3/h4,6-8,11-12H,5,9-10,13H2,1-3H3,(H,24,25);1H,(H2,2,3). The molecule has 0 unspecified atom stereocenters. The third kappa shape index (κ3) is 4.96. The SMILES string of the molecule is COc1ncccc1COc1ccc2oc(C)c(C(=O)NC3(C)CCC3)c2c1.NC=O. The number of hydrogen-bond acceptors (Lipinski definition) is 6. The van der Waals surface area contributed by atoms with Gasteiger partial charge < -0.3 is 24.9 Å². The van der Waals surface area contributed by atoms with Crippen LogP contribution in [0.1, 0.15) is 47.9 Å². The lowest BCUT2D eigenvalue weighted by Crippen LogP contribution is -2.51. The Bertz CT molecular complexity index is 1070. The number of carbonyl (C=O) groups is 2. The fraction of sp³-hybridized carbons (Fsp3) is 0.348. The van der Waals surface area contributed by atoms with Crippen LogP contribution in [0.3, 0.4) is 0 Å². The second-order valence-electron chi connectivity index (χ2n) is 7.66. The first kappa shape index (κ1) is 22.1. The molecule has 1 aliphatic carbocycles. The van der Waals surface area contributed by atoms with Crippen molar-refractivity contribution in [2.75, 3.05) is 7.11 Å². The lowest BCUT2D eigenvalue weighted by atomic mass is 9.78. The summed E-state index contributed by atoms with van der Waals surface area (Å²) in [6, 6.07) is 9.27. The molecule has 2 amide bonds. The van der Waals surface area contributed by atoms with E-state index in [4.69, 9.17) is 18.7 Å². The van der Waals surface area contributed by atoms with E-state index in [1.165, 1.54) is 0 Å². The van der Waals surface area contributed by atoms with E-state index in [1.54, 1.807) is 13.3 Å². The van der Waals surface area contributed by atoms with E-state index in [2.05, 4.69) is 23.0 Å². The number of nitrogens with zero attached hydrogens (tertiary/aromatic N) is 1. The van der Waals surface area contributed by atoms with Crippen molar-refractivity contribution in [1.29, 1.82) is 0 Å². The van der Waals surface area contributed by atoms with Gasteiger partial charge in [0.2, 0.25) is 12.3 Å². The maximum Gasteiger partial charge on any atom is 0.255 e. The molecule has 0 spiro atoms. The molecule has 1 aliphatic rings. The Morgan fingerprint density at radius 3 is 2.74 bits per heavy atom. The van der Waals surface area contributed by atoms with Crippen molar-refractivity contribution in [1.82, 2.24) is 10.3 Å². The first-order chi connectivity index (χ1) is 14.9. The van der Waals surface area contributed by atoms with Crippen LogP contribution >= 0.6 is 0 Å². The number of methoxy groups -OCH3 is 1. The molecule has 1 saturated carbocycles. The minimum atomic E-state index is -0.113. The van der Waals surface area contributed by atoms with Crippen molar-refractivity contribution in [2.24, 2.45) is 5.73 Å². The molecule has 8 heteroatoms. The number of carbonyl (C=O) groups excluding carboxylic acids is 2. The molecule has 4 rings (SSSR count). The van der Waals surface area contributed by atoms with Gasteiger partial charge in [0.15, 0.2) is 0 Å². The third-order valence-electron chi connectivity index (χ3n) is 5.37. The normalized spacial score (nSPS) is 14.0. The zero-order chi connectivity index (χ0) is 22.4. The van der Waals surface area contributed by atoms with Gasteiger partial charge in [0.05, 0.1) is 18.2 Å². The predicted molar refractivity (Wildman–Crippen MR) is 116 cm³/mol. The summed E-state index contributed by atoms with van der Waals surface area (Å²) in [5, 5.41) is 3.91. The number of ether oxygens (including phenoxy) is 2. The monoisotopic (exact) mass is 425 g/mol.